The predicted molar refractivity (Wildman–Crippen MR) is 134 cm³/mol. The Bertz CT molecular complexity index is 1250. The highest BCUT2D eigenvalue weighted by atomic mass is 16.5. The Morgan fingerprint density at radius 3 is 2.64 bits per heavy atom. The molecule has 0 aliphatic heterocycles. The van der Waals surface area contributed by atoms with Gasteiger partial charge in [0.2, 0.25) is 0 Å². The summed E-state index contributed by atoms with van der Waals surface area (Å²) in [4.78, 5) is 24.1. The van der Waals surface area contributed by atoms with Crippen LogP contribution in [-0.2, 0) is 4.79 Å². The Morgan fingerprint density at radius 1 is 1.12 bits per heavy atom. The van der Waals surface area contributed by atoms with E-state index in [2.05, 4.69) is 39.8 Å². The molecule has 172 valence electrons. The van der Waals surface area contributed by atoms with E-state index in [9.17, 15) is 9.59 Å². The first kappa shape index (κ1) is 24.2. The Labute approximate surface area is 195 Å². The molecule has 0 fully saturated rings. The van der Waals surface area contributed by atoms with Gasteiger partial charge in [-0.05, 0) is 68.7 Å². The van der Waals surface area contributed by atoms with Crippen LogP contribution in [0, 0.1) is 5.41 Å². The number of esters is 1. The fraction of sp³-hybridized carbons (Fsp3) is 0.310. The number of hydrogen-bond donors (Lipinski definition) is 0. The van der Waals surface area contributed by atoms with Crippen molar-refractivity contribution in [2.75, 3.05) is 0 Å². The molecule has 3 rings (SSSR count). The van der Waals surface area contributed by atoms with Gasteiger partial charge in [0, 0.05) is 6.08 Å². The quantitative estimate of drug-likeness (QED) is 0.204. The highest BCUT2D eigenvalue weighted by Gasteiger charge is 2.26. The lowest BCUT2D eigenvalue weighted by molar-refractivity contribution is -0.128. The van der Waals surface area contributed by atoms with Crippen molar-refractivity contribution in [3.8, 4) is 5.75 Å². The lowest BCUT2D eigenvalue weighted by Crippen LogP contribution is -2.19. The van der Waals surface area contributed by atoms with E-state index in [0.29, 0.717) is 11.0 Å². The van der Waals surface area contributed by atoms with E-state index in [1.165, 1.54) is 42.6 Å². The van der Waals surface area contributed by atoms with Crippen molar-refractivity contribution in [1.82, 2.24) is 0 Å². The minimum absolute atomic E-state index is 0.191. The second-order valence-electron chi connectivity index (χ2n) is 9.27. The molecule has 0 amide bonds. The fourth-order valence-electron chi connectivity index (χ4n) is 4.17. The number of rotatable bonds is 6. The van der Waals surface area contributed by atoms with Gasteiger partial charge in [0.1, 0.15) is 11.3 Å². The molecule has 1 heterocycles. The number of benzene rings is 1. The number of hydrogen-bond acceptors (Lipinski definition) is 4. The number of carbonyl (C=O) groups is 1. The molecule has 33 heavy (non-hydrogen) atoms. The number of allylic oxidation sites excluding steroid dienone is 9. The van der Waals surface area contributed by atoms with Crippen molar-refractivity contribution in [3.05, 3.63) is 99.5 Å². The highest BCUT2D eigenvalue weighted by molar-refractivity contribution is 5.90. The smallest absolute Gasteiger partial charge is 0.339 e. The van der Waals surface area contributed by atoms with Crippen LogP contribution in [0.5, 0.6) is 5.75 Å². The zero-order chi connectivity index (χ0) is 24.0. The predicted octanol–water partition coefficient (Wildman–Crippen LogP) is 7.23. The van der Waals surface area contributed by atoms with Gasteiger partial charge in [0.25, 0.3) is 0 Å². The molecule has 1 aromatic heterocycles. The summed E-state index contributed by atoms with van der Waals surface area (Å²) in [6.45, 7) is 10.7. The lowest BCUT2D eigenvalue weighted by Gasteiger charge is -2.32. The summed E-state index contributed by atoms with van der Waals surface area (Å²) in [6, 6.07) is 8.13. The Kier molecular flexibility index (Phi) is 7.70. The second kappa shape index (κ2) is 10.5. The maximum atomic E-state index is 12.3. The number of carbonyl (C=O) groups excluding carboxylic acids is 1. The summed E-state index contributed by atoms with van der Waals surface area (Å²) in [7, 11) is 0. The SMILES string of the molecule is CC(C=CC1=C(C)CCCC1(C)C)=CC=CC(C)=CC(=O)Oc1cc(=O)oc2ccccc12. The normalized spacial score (nSPS) is 17.4. The largest absolute Gasteiger partial charge is 0.422 e. The third-order valence-electron chi connectivity index (χ3n) is 5.94. The van der Waals surface area contributed by atoms with Crippen LogP contribution in [0.3, 0.4) is 0 Å². The summed E-state index contributed by atoms with van der Waals surface area (Å²) in [5, 5.41) is 0.573. The minimum Gasteiger partial charge on any atom is -0.422 e. The molecular formula is C29H32O4. The van der Waals surface area contributed by atoms with Gasteiger partial charge in [-0.3, -0.25) is 0 Å². The number of fused-ring (bicyclic) bond motifs is 1. The highest BCUT2D eigenvalue weighted by Crippen LogP contribution is 2.40. The molecule has 0 saturated heterocycles. The van der Waals surface area contributed by atoms with E-state index in [0.717, 1.165) is 11.1 Å². The summed E-state index contributed by atoms with van der Waals surface area (Å²) < 4.78 is 10.5. The zero-order valence-electron chi connectivity index (χ0n) is 20.1. The fourth-order valence-corrected chi connectivity index (χ4v) is 4.17. The molecule has 0 radical (unpaired) electrons. The topological polar surface area (TPSA) is 56.5 Å². The first-order chi connectivity index (χ1) is 15.7. The van der Waals surface area contributed by atoms with E-state index in [-0.39, 0.29) is 11.2 Å². The maximum absolute atomic E-state index is 12.3. The molecule has 4 heteroatoms. The molecule has 0 spiro atoms. The number of ether oxygens (including phenoxy) is 1. The maximum Gasteiger partial charge on any atom is 0.339 e. The minimum atomic E-state index is -0.562. The van der Waals surface area contributed by atoms with Crippen molar-refractivity contribution in [3.63, 3.8) is 0 Å². The summed E-state index contributed by atoms with van der Waals surface area (Å²) in [5.74, 6) is -0.355. The molecular weight excluding hydrogens is 412 g/mol. The zero-order valence-corrected chi connectivity index (χ0v) is 20.1. The van der Waals surface area contributed by atoms with E-state index in [1.54, 1.807) is 24.3 Å². The van der Waals surface area contributed by atoms with Crippen LogP contribution in [0.25, 0.3) is 11.0 Å². The van der Waals surface area contributed by atoms with Crippen LogP contribution < -0.4 is 10.4 Å². The third-order valence-corrected chi connectivity index (χ3v) is 5.94. The van der Waals surface area contributed by atoms with Gasteiger partial charge in [-0.25, -0.2) is 9.59 Å². The van der Waals surface area contributed by atoms with Crippen LogP contribution in [0.15, 0.2) is 98.3 Å². The average Bonchev–Trinajstić information content (AvgIpc) is 2.72. The van der Waals surface area contributed by atoms with Crippen LogP contribution in [0.2, 0.25) is 0 Å². The summed E-state index contributed by atoms with van der Waals surface area (Å²) in [6.07, 6.45) is 15.2. The van der Waals surface area contributed by atoms with Crippen LogP contribution in [0.1, 0.15) is 53.9 Å². The molecule has 1 aromatic carbocycles. The van der Waals surface area contributed by atoms with Crippen LogP contribution in [0.4, 0.5) is 0 Å². The van der Waals surface area contributed by atoms with E-state index < -0.39 is 11.6 Å². The lowest BCUT2D eigenvalue weighted by atomic mass is 9.72. The second-order valence-corrected chi connectivity index (χ2v) is 9.27. The van der Waals surface area contributed by atoms with Gasteiger partial charge < -0.3 is 9.15 Å². The Hall–Kier alpha value is -3.40. The van der Waals surface area contributed by atoms with Crippen molar-refractivity contribution in [2.24, 2.45) is 5.41 Å². The van der Waals surface area contributed by atoms with Gasteiger partial charge in [-0.1, -0.05) is 67.5 Å². The van der Waals surface area contributed by atoms with Crippen molar-refractivity contribution in [1.29, 1.82) is 0 Å². The molecule has 4 nitrogen and oxygen atoms in total. The van der Waals surface area contributed by atoms with Crippen molar-refractivity contribution < 1.29 is 13.9 Å². The molecule has 1 aliphatic carbocycles. The molecule has 0 N–H and O–H groups in total. The standard InChI is InChI=1S/C29H32O4/c1-20(15-16-24-22(3)12-9-17-29(24,4)5)10-8-11-21(2)18-27(30)33-26-19-28(31)32-25-14-7-6-13-23(25)26/h6-8,10-11,13-16,18-19H,9,12,17H2,1-5H3. The van der Waals surface area contributed by atoms with Gasteiger partial charge in [-0.15, -0.1) is 0 Å². The van der Waals surface area contributed by atoms with Crippen LogP contribution >= 0.6 is 0 Å². The first-order valence-corrected chi connectivity index (χ1v) is 11.3. The van der Waals surface area contributed by atoms with Crippen molar-refractivity contribution in [2.45, 2.75) is 53.9 Å². The molecule has 2 aromatic rings. The van der Waals surface area contributed by atoms with Gasteiger partial charge in [-0.2, -0.15) is 0 Å². The molecule has 0 unspecified atom stereocenters. The van der Waals surface area contributed by atoms with Crippen molar-refractivity contribution >= 4 is 16.9 Å². The van der Waals surface area contributed by atoms with Crippen LogP contribution in [-0.4, -0.2) is 5.97 Å². The molecule has 0 saturated carbocycles. The van der Waals surface area contributed by atoms with E-state index >= 15 is 0 Å². The van der Waals surface area contributed by atoms with Gasteiger partial charge >= 0.3 is 11.6 Å². The van der Waals surface area contributed by atoms with Gasteiger partial charge in [0.05, 0.1) is 11.5 Å². The van der Waals surface area contributed by atoms with E-state index in [4.69, 9.17) is 9.15 Å². The Balaban J connectivity index is 1.66. The molecule has 0 bridgehead atoms. The first-order valence-electron chi connectivity index (χ1n) is 11.3. The molecule has 0 atom stereocenters. The summed E-state index contributed by atoms with van der Waals surface area (Å²) in [5.41, 5.74) is 4.83. The van der Waals surface area contributed by atoms with E-state index in [1.807, 2.05) is 25.2 Å². The monoisotopic (exact) mass is 444 g/mol. The average molecular weight is 445 g/mol. The Morgan fingerprint density at radius 2 is 1.88 bits per heavy atom. The number of para-hydroxylation sites is 1. The third kappa shape index (κ3) is 6.55. The van der Waals surface area contributed by atoms with Gasteiger partial charge in [0.15, 0.2) is 0 Å². The summed E-state index contributed by atoms with van der Waals surface area (Å²) >= 11 is 0. The molecule has 1 aliphatic rings.